The molecule has 0 aliphatic heterocycles. The highest BCUT2D eigenvalue weighted by molar-refractivity contribution is 9.10. The lowest BCUT2D eigenvalue weighted by Gasteiger charge is -2.09. The van der Waals surface area contributed by atoms with Gasteiger partial charge in [-0.05, 0) is 34.0 Å². The molecule has 0 unspecified atom stereocenters. The average Bonchev–Trinajstić information content (AvgIpc) is 2.07. The molecule has 0 aromatic carbocycles. The molecule has 1 heterocycles. The number of ketones is 1. The molecule has 0 fully saturated rings. The van der Waals surface area contributed by atoms with Crippen molar-refractivity contribution in [2.24, 2.45) is 0 Å². The number of pyridine rings is 1. The third-order valence-electron chi connectivity index (χ3n) is 1.86. The number of hydrogen-bond donors (Lipinski definition) is 0. The summed E-state index contributed by atoms with van der Waals surface area (Å²) in [5.41, 5.74) is 1.75. The Morgan fingerprint density at radius 1 is 1.42 bits per heavy atom. The van der Waals surface area contributed by atoms with E-state index in [4.69, 9.17) is 0 Å². The van der Waals surface area contributed by atoms with E-state index in [-0.39, 0.29) is 5.78 Å². The van der Waals surface area contributed by atoms with Gasteiger partial charge in [0.25, 0.3) is 0 Å². The summed E-state index contributed by atoms with van der Waals surface area (Å²) in [6.45, 7) is 0. The van der Waals surface area contributed by atoms with Crippen LogP contribution in [-0.2, 0) is 6.42 Å². The summed E-state index contributed by atoms with van der Waals surface area (Å²) >= 11 is 3.36. The predicted octanol–water partition coefficient (Wildman–Crippen LogP) is 2.14. The Kier molecular flexibility index (Phi) is 1.81. The van der Waals surface area contributed by atoms with Crippen molar-refractivity contribution in [1.29, 1.82) is 0 Å². The van der Waals surface area contributed by atoms with Crippen molar-refractivity contribution in [2.75, 3.05) is 0 Å². The van der Waals surface area contributed by atoms with Crippen LogP contribution >= 0.6 is 15.9 Å². The van der Waals surface area contributed by atoms with Gasteiger partial charge in [0.1, 0.15) is 0 Å². The molecule has 1 aliphatic carbocycles. The van der Waals surface area contributed by atoms with Gasteiger partial charge in [-0.2, -0.15) is 0 Å². The van der Waals surface area contributed by atoms with Crippen LogP contribution in [0.1, 0.15) is 15.9 Å². The first-order valence-electron chi connectivity index (χ1n) is 3.62. The van der Waals surface area contributed by atoms with Gasteiger partial charge in [0.2, 0.25) is 0 Å². The lowest BCUT2D eigenvalue weighted by atomic mass is 9.98. The van der Waals surface area contributed by atoms with E-state index in [2.05, 4.69) is 20.9 Å². The molecular weight excluding hydrogens is 218 g/mol. The van der Waals surface area contributed by atoms with Crippen LogP contribution < -0.4 is 0 Å². The van der Waals surface area contributed by atoms with Crippen molar-refractivity contribution in [2.45, 2.75) is 6.42 Å². The van der Waals surface area contributed by atoms with Crippen LogP contribution in [0, 0.1) is 0 Å². The first kappa shape index (κ1) is 7.68. The van der Waals surface area contributed by atoms with Gasteiger partial charge in [-0.3, -0.25) is 9.78 Å². The molecule has 0 bridgehead atoms. The Balaban J connectivity index is 2.65. The third kappa shape index (κ3) is 1.10. The van der Waals surface area contributed by atoms with E-state index in [1.54, 1.807) is 18.5 Å². The molecule has 0 spiro atoms. The fourth-order valence-electron chi connectivity index (χ4n) is 1.26. The zero-order valence-corrected chi connectivity index (χ0v) is 7.84. The predicted molar refractivity (Wildman–Crippen MR) is 49.1 cm³/mol. The van der Waals surface area contributed by atoms with Crippen LogP contribution in [0.25, 0.3) is 0 Å². The quantitative estimate of drug-likeness (QED) is 0.675. The van der Waals surface area contributed by atoms with E-state index < -0.39 is 0 Å². The maximum atomic E-state index is 11.3. The lowest BCUT2D eigenvalue weighted by molar-refractivity contribution is 0.104. The number of nitrogens with zero attached hydrogens (tertiary/aromatic N) is 1. The first-order valence-corrected chi connectivity index (χ1v) is 4.41. The molecule has 3 heteroatoms. The topological polar surface area (TPSA) is 30.0 Å². The lowest BCUT2D eigenvalue weighted by Crippen LogP contribution is -2.06. The Morgan fingerprint density at radius 3 is 3.00 bits per heavy atom. The van der Waals surface area contributed by atoms with Crippen LogP contribution in [0.2, 0.25) is 0 Å². The van der Waals surface area contributed by atoms with Crippen molar-refractivity contribution in [1.82, 2.24) is 4.98 Å². The van der Waals surface area contributed by atoms with E-state index in [0.29, 0.717) is 5.56 Å². The number of rotatable bonds is 0. The van der Waals surface area contributed by atoms with Crippen molar-refractivity contribution in [3.05, 3.63) is 40.1 Å². The highest BCUT2D eigenvalue weighted by atomic mass is 79.9. The summed E-state index contributed by atoms with van der Waals surface area (Å²) in [6.07, 6.45) is 7.60. The van der Waals surface area contributed by atoms with Crippen LogP contribution in [-0.4, -0.2) is 10.8 Å². The average molecular weight is 224 g/mol. The summed E-state index contributed by atoms with van der Waals surface area (Å²) in [4.78, 5) is 15.2. The van der Waals surface area contributed by atoms with Gasteiger partial charge in [-0.1, -0.05) is 6.08 Å². The van der Waals surface area contributed by atoms with Crippen molar-refractivity contribution >= 4 is 21.7 Å². The minimum atomic E-state index is 0.0463. The van der Waals surface area contributed by atoms with E-state index in [9.17, 15) is 4.79 Å². The normalized spacial score (nSPS) is 14.6. The Hall–Kier alpha value is -0.960. The fourth-order valence-corrected chi connectivity index (χ4v) is 1.75. The number of hydrogen-bond acceptors (Lipinski definition) is 2. The van der Waals surface area contributed by atoms with E-state index in [0.717, 1.165) is 16.5 Å². The molecular formula is C9H6BrNO. The molecule has 0 atom stereocenters. The molecule has 0 saturated heterocycles. The smallest absolute Gasteiger partial charge is 0.187 e. The molecule has 1 aromatic rings. The van der Waals surface area contributed by atoms with Gasteiger partial charge in [-0.15, -0.1) is 0 Å². The number of halogens is 1. The highest BCUT2D eigenvalue weighted by Gasteiger charge is 2.14. The Labute approximate surface area is 78.4 Å². The first-order chi connectivity index (χ1) is 5.79. The van der Waals surface area contributed by atoms with Gasteiger partial charge in [-0.25, -0.2) is 0 Å². The molecule has 2 rings (SSSR count). The van der Waals surface area contributed by atoms with Crippen LogP contribution in [0.15, 0.2) is 29.0 Å². The van der Waals surface area contributed by atoms with Crippen molar-refractivity contribution in [3.8, 4) is 0 Å². The fraction of sp³-hybridized carbons (Fsp3) is 0.111. The number of allylic oxidation sites excluding steroid dienone is 2. The molecule has 0 N–H and O–H groups in total. The van der Waals surface area contributed by atoms with E-state index in [1.807, 2.05) is 6.08 Å². The van der Waals surface area contributed by atoms with E-state index >= 15 is 0 Å². The second kappa shape index (κ2) is 2.83. The summed E-state index contributed by atoms with van der Waals surface area (Å²) in [5, 5.41) is 0. The highest BCUT2D eigenvalue weighted by Crippen LogP contribution is 2.23. The Morgan fingerprint density at radius 2 is 2.25 bits per heavy atom. The second-order valence-electron chi connectivity index (χ2n) is 2.62. The van der Waals surface area contributed by atoms with E-state index in [1.165, 1.54) is 0 Å². The standard InChI is InChI=1S/C9H6BrNO/c10-8-5-11-4-7-6(8)2-1-3-9(7)12/h1,3-5H,2H2. The maximum absolute atomic E-state index is 11.3. The molecule has 0 amide bonds. The van der Waals surface area contributed by atoms with Gasteiger partial charge in [0, 0.05) is 22.4 Å². The molecule has 0 saturated carbocycles. The largest absolute Gasteiger partial charge is 0.289 e. The second-order valence-corrected chi connectivity index (χ2v) is 3.47. The van der Waals surface area contributed by atoms with Gasteiger partial charge in [0.05, 0.1) is 0 Å². The Bertz CT molecular complexity index is 371. The van der Waals surface area contributed by atoms with Gasteiger partial charge >= 0.3 is 0 Å². The monoisotopic (exact) mass is 223 g/mol. The molecule has 60 valence electrons. The third-order valence-corrected chi connectivity index (χ3v) is 2.54. The van der Waals surface area contributed by atoms with Gasteiger partial charge < -0.3 is 0 Å². The summed E-state index contributed by atoms with van der Waals surface area (Å²) < 4.78 is 0.915. The SMILES string of the molecule is O=C1C=CCc2c(Br)cncc21. The summed E-state index contributed by atoms with van der Waals surface area (Å²) in [7, 11) is 0. The van der Waals surface area contributed by atoms with Crippen LogP contribution in [0.5, 0.6) is 0 Å². The molecule has 2 nitrogen and oxygen atoms in total. The zero-order chi connectivity index (χ0) is 8.55. The van der Waals surface area contributed by atoms with Crippen LogP contribution in [0.3, 0.4) is 0 Å². The maximum Gasteiger partial charge on any atom is 0.187 e. The molecule has 12 heavy (non-hydrogen) atoms. The summed E-state index contributed by atoms with van der Waals surface area (Å²) in [6, 6.07) is 0. The number of fused-ring (bicyclic) bond motifs is 1. The summed E-state index contributed by atoms with van der Waals surface area (Å²) in [5.74, 6) is 0.0463. The number of carbonyl (C=O) groups excluding carboxylic acids is 1. The molecule has 1 aliphatic rings. The molecule has 1 aromatic heterocycles. The van der Waals surface area contributed by atoms with Crippen LogP contribution in [0.4, 0.5) is 0 Å². The molecule has 0 radical (unpaired) electrons. The number of aromatic nitrogens is 1. The minimum absolute atomic E-state index is 0.0463. The van der Waals surface area contributed by atoms with Crippen molar-refractivity contribution in [3.63, 3.8) is 0 Å². The minimum Gasteiger partial charge on any atom is -0.289 e. The zero-order valence-electron chi connectivity index (χ0n) is 6.25. The van der Waals surface area contributed by atoms with Gasteiger partial charge in [0.15, 0.2) is 5.78 Å². The van der Waals surface area contributed by atoms with Crippen molar-refractivity contribution < 1.29 is 4.79 Å². The number of carbonyl (C=O) groups is 1.